The number of amides is 1. The van der Waals surface area contributed by atoms with Crippen molar-refractivity contribution in [2.24, 2.45) is 0 Å². The fraction of sp³-hybridized carbons (Fsp3) is 0.185. The van der Waals surface area contributed by atoms with Gasteiger partial charge in [0, 0.05) is 41.5 Å². The van der Waals surface area contributed by atoms with Crippen molar-refractivity contribution in [1.29, 1.82) is 0 Å². The van der Waals surface area contributed by atoms with E-state index >= 15 is 0 Å². The van der Waals surface area contributed by atoms with Crippen LogP contribution in [0.5, 0.6) is 5.75 Å². The smallest absolute Gasteiger partial charge is 0.257 e. The Morgan fingerprint density at radius 2 is 1.66 bits per heavy atom. The zero-order chi connectivity index (χ0) is 22.3. The van der Waals surface area contributed by atoms with Crippen LogP contribution in [0, 0.1) is 0 Å². The average Bonchev–Trinajstić information content (AvgIpc) is 3.27. The number of carbonyl (C=O) groups is 2. The highest BCUT2D eigenvalue weighted by molar-refractivity contribution is 5.95. The number of carbonyl (C=O) groups excluding carboxylic acids is 2. The number of aromatic nitrogens is 1. The van der Waals surface area contributed by atoms with Crippen molar-refractivity contribution in [3.8, 4) is 5.75 Å². The predicted octanol–water partition coefficient (Wildman–Crippen LogP) is 5.09. The Morgan fingerprint density at radius 1 is 0.938 bits per heavy atom. The molecule has 0 spiro atoms. The summed E-state index contributed by atoms with van der Waals surface area (Å²) in [7, 11) is 0. The van der Waals surface area contributed by atoms with Crippen molar-refractivity contribution in [2.45, 2.75) is 19.3 Å². The molecule has 1 amide bonds. The number of rotatable bonds is 9. The Labute approximate surface area is 187 Å². The van der Waals surface area contributed by atoms with E-state index in [4.69, 9.17) is 4.74 Å². The van der Waals surface area contributed by atoms with Crippen molar-refractivity contribution in [3.63, 3.8) is 0 Å². The third-order valence-electron chi connectivity index (χ3n) is 5.57. The molecule has 5 nitrogen and oxygen atoms in total. The van der Waals surface area contributed by atoms with E-state index in [-0.39, 0.29) is 24.2 Å². The van der Waals surface area contributed by atoms with E-state index in [0.29, 0.717) is 24.3 Å². The largest absolute Gasteiger partial charge is 0.484 e. The first kappa shape index (κ1) is 21.4. The third-order valence-corrected chi connectivity index (χ3v) is 5.57. The molecule has 0 aliphatic carbocycles. The SMILES string of the molecule is CCC(=O)c1ccc(OCC(=O)NC[C@H](c2ccccc2)c2c[nH]c3ccccc23)cc1. The predicted molar refractivity (Wildman–Crippen MR) is 126 cm³/mol. The van der Waals surface area contributed by atoms with Crippen LogP contribution < -0.4 is 10.1 Å². The van der Waals surface area contributed by atoms with Crippen molar-refractivity contribution in [3.05, 3.63) is 102 Å². The van der Waals surface area contributed by atoms with Crippen LogP contribution in [0.25, 0.3) is 10.9 Å². The molecule has 0 bridgehead atoms. The van der Waals surface area contributed by atoms with Crippen LogP contribution in [-0.2, 0) is 4.79 Å². The van der Waals surface area contributed by atoms with Gasteiger partial charge in [-0.25, -0.2) is 0 Å². The number of benzene rings is 3. The highest BCUT2D eigenvalue weighted by Crippen LogP contribution is 2.30. The molecule has 1 atom stereocenters. The van der Waals surface area contributed by atoms with E-state index in [1.807, 2.05) is 49.5 Å². The maximum absolute atomic E-state index is 12.5. The number of aromatic amines is 1. The van der Waals surface area contributed by atoms with Crippen molar-refractivity contribution >= 4 is 22.6 Å². The van der Waals surface area contributed by atoms with Gasteiger partial charge in [0.25, 0.3) is 5.91 Å². The third kappa shape index (κ3) is 4.89. The van der Waals surface area contributed by atoms with E-state index in [2.05, 4.69) is 28.5 Å². The zero-order valence-electron chi connectivity index (χ0n) is 18.0. The molecule has 0 aliphatic rings. The van der Waals surface area contributed by atoms with Crippen LogP contribution in [0.15, 0.2) is 85.1 Å². The summed E-state index contributed by atoms with van der Waals surface area (Å²) in [5.41, 5.74) is 4.00. The molecule has 3 aromatic carbocycles. The summed E-state index contributed by atoms with van der Waals surface area (Å²) in [6, 6.07) is 25.2. The van der Waals surface area contributed by atoms with Gasteiger partial charge in [-0.15, -0.1) is 0 Å². The summed E-state index contributed by atoms with van der Waals surface area (Å²) >= 11 is 0. The monoisotopic (exact) mass is 426 g/mol. The molecule has 0 aliphatic heterocycles. The van der Waals surface area contributed by atoms with Crippen LogP contribution in [0.3, 0.4) is 0 Å². The van der Waals surface area contributed by atoms with E-state index in [1.54, 1.807) is 24.3 Å². The quantitative estimate of drug-likeness (QED) is 0.366. The number of ether oxygens (including phenoxy) is 1. The van der Waals surface area contributed by atoms with Gasteiger partial charge in [-0.05, 0) is 41.5 Å². The number of nitrogens with one attached hydrogen (secondary N) is 2. The van der Waals surface area contributed by atoms with E-state index in [1.165, 1.54) is 0 Å². The lowest BCUT2D eigenvalue weighted by Gasteiger charge is -2.18. The number of para-hydroxylation sites is 1. The second kappa shape index (κ2) is 9.96. The summed E-state index contributed by atoms with van der Waals surface area (Å²) in [6.45, 7) is 2.20. The molecule has 5 heteroatoms. The van der Waals surface area contributed by atoms with E-state index in [0.717, 1.165) is 22.0 Å². The molecule has 1 aromatic heterocycles. The Balaban J connectivity index is 1.42. The Kier molecular flexibility index (Phi) is 6.66. The second-order valence-electron chi connectivity index (χ2n) is 7.65. The number of Topliss-reactive ketones (excluding diaryl/α,β-unsaturated/α-hetero) is 1. The maximum atomic E-state index is 12.5. The van der Waals surface area contributed by atoms with Gasteiger partial charge in [0.1, 0.15) is 5.75 Å². The van der Waals surface area contributed by atoms with Gasteiger partial charge >= 0.3 is 0 Å². The topological polar surface area (TPSA) is 71.2 Å². The molecule has 2 N–H and O–H groups in total. The van der Waals surface area contributed by atoms with Crippen LogP contribution in [0.1, 0.15) is 40.7 Å². The van der Waals surface area contributed by atoms with Gasteiger partial charge in [0.15, 0.2) is 12.4 Å². The minimum absolute atomic E-state index is 0.00985. The summed E-state index contributed by atoms with van der Waals surface area (Å²) in [5.74, 6) is 0.456. The Morgan fingerprint density at radius 3 is 2.41 bits per heavy atom. The van der Waals surface area contributed by atoms with Crippen molar-refractivity contribution in [1.82, 2.24) is 10.3 Å². The molecular weight excluding hydrogens is 400 g/mol. The molecule has 4 aromatic rings. The molecule has 162 valence electrons. The molecule has 1 heterocycles. The number of hydrogen-bond donors (Lipinski definition) is 2. The first-order chi connectivity index (χ1) is 15.7. The first-order valence-electron chi connectivity index (χ1n) is 10.8. The first-order valence-corrected chi connectivity index (χ1v) is 10.8. The normalized spacial score (nSPS) is 11.8. The standard InChI is InChI=1S/C27H26N2O3/c1-2-26(30)20-12-14-21(15-13-20)32-18-27(31)29-16-23(19-8-4-3-5-9-19)24-17-28-25-11-7-6-10-22(24)25/h3-15,17,23,28H,2,16,18H2,1H3,(H,29,31)/t23-/m1/s1. The van der Waals surface area contributed by atoms with Gasteiger partial charge in [-0.2, -0.15) is 0 Å². The highest BCUT2D eigenvalue weighted by Gasteiger charge is 2.19. The molecular formula is C27H26N2O3. The maximum Gasteiger partial charge on any atom is 0.257 e. The van der Waals surface area contributed by atoms with Gasteiger partial charge in [-0.3, -0.25) is 9.59 Å². The van der Waals surface area contributed by atoms with Crippen LogP contribution in [0.4, 0.5) is 0 Å². The molecule has 0 saturated heterocycles. The molecule has 0 saturated carbocycles. The highest BCUT2D eigenvalue weighted by atomic mass is 16.5. The number of ketones is 1. The molecule has 0 radical (unpaired) electrons. The number of fused-ring (bicyclic) bond motifs is 1. The fourth-order valence-corrected chi connectivity index (χ4v) is 3.83. The number of H-pyrrole nitrogens is 1. The molecule has 4 rings (SSSR count). The lowest BCUT2D eigenvalue weighted by atomic mass is 9.91. The lowest BCUT2D eigenvalue weighted by molar-refractivity contribution is -0.123. The van der Waals surface area contributed by atoms with Crippen LogP contribution >= 0.6 is 0 Å². The van der Waals surface area contributed by atoms with Gasteiger partial charge in [0.2, 0.25) is 0 Å². The van der Waals surface area contributed by atoms with Gasteiger partial charge in [-0.1, -0.05) is 55.5 Å². The lowest BCUT2D eigenvalue weighted by Crippen LogP contribution is -2.32. The van der Waals surface area contributed by atoms with Gasteiger partial charge < -0.3 is 15.0 Å². The summed E-state index contributed by atoms with van der Waals surface area (Å²) in [5, 5.41) is 4.16. The van der Waals surface area contributed by atoms with Crippen molar-refractivity contribution in [2.75, 3.05) is 13.2 Å². The summed E-state index contributed by atoms with van der Waals surface area (Å²) < 4.78 is 5.61. The Hall–Kier alpha value is -3.86. The fourth-order valence-electron chi connectivity index (χ4n) is 3.83. The van der Waals surface area contributed by atoms with Gasteiger partial charge in [0.05, 0.1) is 0 Å². The van der Waals surface area contributed by atoms with Crippen LogP contribution in [-0.4, -0.2) is 29.8 Å². The van der Waals surface area contributed by atoms with Crippen molar-refractivity contribution < 1.29 is 14.3 Å². The average molecular weight is 427 g/mol. The number of hydrogen-bond acceptors (Lipinski definition) is 3. The second-order valence-corrected chi connectivity index (χ2v) is 7.65. The minimum Gasteiger partial charge on any atom is -0.484 e. The molecule has 0 unspecified atom stereocenters. The molecule has 32 heavy (non-hydrogen) atoms. The molecule has 0 fully saturated rings. The van der Waals surface area contributed by atoms with E-state index < -0.39 is 0 Å². The summed E-state index contributed by atoms with van der Waals surface area (Å²) in [6.07, 6.45) is 2.48. The Bertz CT molecular complexity index is 1200. The van der Waals surface area contributed by atoms with Crippen LogP contribution in [0.2, 0.25) is 0 Å². The van der Waals surface area contributed by atoms with E-state index in [9.17, 15) is 9.59 Å². The summed E-state index contributed by atoms with van der Waals surface area (Å²) in [4.78, 5) is 27.6. The zero-order valence-corrected chi connectivity index (χ0v) is 18.0. The minimum atomic E-state index is -0.195.